The number of nitrogens with one attached hydrogen (secondary N) is 2. The highest BCUT2D eigenvalue weighted by molar-refractivity contribution is 5.97. The van der Waals surface area contributed by atoms with E-state index in [2.05, 4.69) is 10.7 Å². The van der Waals surface area contributed by atoms with Crippen LogP contribution in [0.15, 0.2) is 11.6 Å². The first-order valence-electron chi connectivity index (χ1n) is 9.47. The molecule has 0 radical (unpaired) electrons. The minimum Gasteiger partial charge on any atom is -0.446 e. The highest BCUT2D eigenvalue weighted by Crippen LogP contribution is 2.24. The summed E-state index contributed by atoms with van der Waals surface area (Å²) in [6.45, 7) is 7.72. The van der Waals surface area contributed by atoms with Gasteiger partial charge in [-0.05, 0) is 40.7 Å². The zero-order chi connectivity index (χ0) is 23.2. The third kappa shape index (κ3) is 7.19. The Labute approximate surface area is 174 Å². The Kier molecular flexibility index (Phi) is 9.05. The number of hydrazine groups is 1. The number of nitrogens with zero attached hydrogens (tertiary/aromatic N) is 1. The van der Waals surface area contributed by atoms with Crippen molar-refractivity contribution >= 4 is 24.0 Å². The molecule has 4 atom stereocenters. The lowest BCUT2D eigenvalue weighted by molar-refractivity contribution is -0.125. The molecule has 30 heavy (non-hydrogen) atoms. The highest BCUT2D eigenvalue weighted by Gasteiger charge is 2.40. The van der Waals surface area contributed by atoms with Gasteiger partial charge in [-0.25, -0.2) is 20.0 Å². The van der Waals surface area contributed by atoms with E-state index >= 15 is 0 Å². The molecule has 0 aromatic rings. The van der Waals surface area contributed by atoms with Gasteiger partial charge in [-0.3, -0.25) is 9.59 Å². The smallest absolute Gasteiger partial charge is 0.429 e. The van der Waals surface area contributed by atoms with Gasteiger partial charge in [0.05, 0.1) is 18.3 Å². The number of carbonyl (C=O) groups excluding carboxylic acids is 4. The molecule has 0 bridgehead atoms. The summed E-state index contributed by atoms with van der Waals surface area (Å²) >= 11 is 0. The molecule has 0 saturated carbocycles. The molecule has 1 aliphatic carbocycles. The average Bonchev–Trinajstić information content (AvgIpc) is 2.60. The van der Waals surface area contributed by atoms with Gasteiger partial charge in [-0.1, -0.05) is 0 Å². The molecule has 1 rings (SSSR count). The first-order valence-corrected chi connectivity index (χ1v) is 9.47. The third-order valence-electron chi connectivity index (χ3n) is 4.00. The fraction of sp³-hybridized carbons (Fsp3) is 0.667. The quantitative estimate of drug-likeness (QED) is 0.343. The summed E-state index contributed by atoms with van der Waals surface area (Å²) in [5, 5.41) is 23.6. The van der Waals surface area contributed by atoms with Crippen LogP contribution in [0.5, 0.6) is 0 Å². The molecule has 0 spiro atoms. The maximum atomic E-state index is 12.5. The number of aliphatic hydroxyl groups excluding tert-OH is 2. The Balaban J connectivity index is 3.21. The first kappa shape index (κ1) is 25.2. The van der Waals surface area contributed by atoms with E-state index in [-0.39, 0.29) is 12.0 Å². The number of hydrogen-bond acceptors (Lipinski definition) is 8. The van der Waals surface area contributed by atoms with Crippen LogP contribution in [0.3, 0.4) is 0 Å². The number of amides is 4. The van der Waals surface area contributed by atoms with Gasteiger partial charge in [-0.15, -0.1) is 0 Å². The number of rotatable bonds is 6. The van der Waals surface area contributed by atoms with Gasteiger partial charge in [0.15, 0.2) is 0 Å². The molecule has 12 nitrogen and oxygen atoms in total. The maximum Gasteiger partial charge on any atom is 0.429 e. The topological polar surface area (TPSA) is 181 Å². The van der Waals surface area contributed by atoms with Crippen molar-refractivity contribution in [2.45, 2.75) is 77.5 Å². The van der Waals surface area contributed by atoms with Gasteiger partial charge in [0.2, 0.25) is 11.8 Å². The van der Waals surface area contributed by atoms with Crippen molar-refractivity contribution in [3.63, 3.8) is 0 Å². The Morgan fingerprint density at radius 2 is 1.67 bits per heavy atom. The SMILES string of the molecule is CC(C)OC(=O)NN(C(=O)OC(C)C)[C@@H]1C=C(C(=O)N[C@H](C)C(N)=O)C[C@@H](O)[C@H]1O. The maximum absolute atomic E-state index is 12.5. The summed E-state index contributed by atoms with van der Waals surface area (Å²) in [4.78, 5) is 48.2. The molecular formula is C18H30N4O8. The first-order chi connectivity index (χ1) is 13.8. The van der Waals surface area contributed by atoms with Gasteiger partial charge < -0.3 is 30.7 Å². The zero-order valence-corrected chi connectivity index (χ0v) is 17.6. The monoisotopic (exact) mass is 430 g/mol. The molecule has 0 heterocycles. The van der Waals surface area contributed by atoms with Crippen LogP contribution in [-0.2, 0) is 19.1 Å². The van der Waals surface area contributed by atoms with Crippen molar-refractivity contribution in [3.05, 3.63) is 11.6 Å². The number of hydrogen-bond donors (Lipinski definition) is 5. The lowest BCUT2D eigenvalue weighted by Crippen LogP contribution is -2.60. The number of aliphatic hydroxyl groups is 2. The summed E-state index contributed by atoms with van der Waals surface area (Å²) in [7, 11) is 0. The Morgan fingerprint density at radius 1 is 1.10 bits per heavy atom. The van der Waals surface area contributed by atoms with Crippen molar-refractivity contribution in [3.8, 4) is 0 Å². The predicted octanol–water partition coefficient (Wildman–Crippen LogP) is -0.706. The minimum absolute atomic E-state index is 0.0210. The fourth-order valence-electron chi connectivity index (χ4n) is 2.54. The van der Waals surface area contributed by atoms with Crippen LogP contribution in [0, 0.1) is 0 Å². The molecule has 0 aromatic carbocycles. The van der Waals surface area contributed by atoms with Crippen molar-refractivity contribution in [2.75, 3.05) is 0 Å². The molecule has 12 heteroatoms. The summed E-state index contributed by atoms with van der Waals surface area (Å²) in [5.74, 6) is -1.49. The van der Waals surface area contributed by atoms with Gasteiger partial charge in [0, 0.05) is 12.0 Å². The van der Waals surface area contributed by atoms with Crippen molar-refractivity contribution in [1.29, 1.82) is 0 Å². The molecule has 0 saturated heterocycles. The van der Waals surface area contributed by atoms with E-state index in [0.717, 1.165) is 0 Å². The van der Waals surface area contributed by atoms with Crippen molar-refractivity contribution in [2.24, 2.45) is 5.73 Å². The van der Waals surface area contributed by atoms with Crippen LogP contribution < -0.4 is 16.5 Å². The van der Waals surface area contributed by atoms with E-state index in [1.54, 1.807) is 27.7 Å². The van der Waals surface area contributed by atoms with Gasteiger partial charge in [-0.2, -0.15) is 0 Å². The Morgan fingerprint density at radius 3 is 2.17 bits per heavy atom. The van der Waals surface area contributed by atoms with Gasteiger partial charge in [0.25, 0.3) is 0 Å². The van der Waals surface area contributed by atoms with Crippen molar-refractivity contribution in [1.82, 2.24) is 15.8 Å². The van der Waals surface area contributed by atoms with Crippen LogP contribution in [0.2, 0.25) is 0 Å². The zero-order valence-electron chi connectivity index (χ0n) is 17.6. The Bertz CT molecular complexity index is 694. The second-order valence-electron chi connectivity index (χ2n) is 7.41. The predicted molar refractivity (Wildman–Crippen MR) is 104 cm³/mol. The second-order valence-corrected chi connectivity index (χ2v) is 7.41. The highest BCUT2D eigenvalue weighted by atomic mass is 16.6. The second kappa shape index (κ2) is 10.8. The average molecular weight is 430 g/mol. The van der Waals surface area contributed by atoms with E-state index in [1.165, 1.54) is 13.0 Å². The summed E-state index contributed by atoms with van der Waals surface area (Å²) in [6, 6.07) is -2.34. The summed E-state index contributed by atoms with van der Waals surface area (Å²) in [5.41, 5.74) is 7.27. The van der Waals surface area contributed by atoms with Crippen molar-refractivity contribution < 1.29 is 38.9 Å². The van der Waals surface area contributed by atoms with Gasteiger partial charge in [0.1, 0.15) is 18.2 Å². The molecule has 6 N–H and O–H groups in total. The minimum atomic E-state index is -1.55. The van der Waals surface area contributed by atoms with Crippen LogP contribution >= 0.6 is 0 Å². The molecular weight excluding hydrogens is 400 g/mol. The fourth-order valence-corrected chi connectivity index (χ4v) is 2.54. The van der Waals surface area contributed by atoms with Crippen LogP contribution in [0.1, 0.15) is 41.0 Å². The summed E-state index contributed by atoms with van der Waals surface area (Å²) in [6.07, 6.45) is -5.14. The van der Waals surface area contributed by atoms with E-state index in [1.807, 2.05) is 0 Å². The standard InChI is InChI=1S/C18H30N4O8/c1-8(2)29-17(27)21-22(18(28)30-9(3)4)12-6-11(7-13(23)14(12)24)16(26)20-10(5)15(19)25/h6,8-10,12-14,23-24H,7H2,1-5H3,(H2,19,25)(H,20,26)(H,21,27)/t10-,12-,13-,14+/m1/s1. The number of nitrogens with two attached hydrogens (primary N) is 1. The lowest BCUT2D eigenvalue weighted by Gasteiger charge is -2.37. The normalized spacial score (nSPS) is 22.0. The molecule has 0 fully saturated rings. The number of primary amides is 1. The Hall–Kier alpha value is -2.86. The molecule has 0 unspecified atom stereocenters. The summed E-state index contributed by atoms with van der Waals surface area (Å²) < 4.78 is 10.0. The van der Waals surface area contributed by atoms with E-state index in [0.29, 0.717) is 5.01 Å². The number of carbonyl (C=O) groups is 4. The lowest BCUT2D eigenvalue weighted by atomic mass is 9.89. The molecule has 1 aliphatic rings. The number of ether oxygens (including phenoxy) is 2. The molecule has 170 valence electrons. The van der Waals surface area contributed by atoms with Crippen LogP contribution in [-0.4, -0.2) is 75.7 Å². The van der Waals surface area contributed by atoms with Gasteiger partial charge >= 0.3 is 12.2 Å². The molecule has 4 amide bonds. The third-order valence-corrected chi connectivity index (χ3v) is 4.00. The van der Waals surface area contributed by atoms with E-state index in [9.17, 15) is 29.4 Å². The van der Waals surface area contributed by atoms with E-state index in [4.69, 9.17) is 15.2 Å². The largest absolute Gasteiger partial charge is 0.446 e. The van der Waals surface area contributed by atoms with Crippen LogP contribution in [0.25, 0.3) is 0 Å². The molecule has 0 aromatic heterocycles. The van der Waals surface area contributed by atoms with Crippen LogP contribution in [0.4, 0.5) is 9.59 Å². The van der Waals surface area contributed by atoms with E-state index < -0.39 is 60.5 Å². The molecule has 0 aliphatic heterocycles.